The van der Waals surface area contributed by atoms with Gasteiger partial charge in [-0.2, -0.15) is 0 Å². The molecule has 1 aromatic rings. The minimum Gasteiger partial charge on any atom is -0.477 e. The summed E-state index contributed by atoms with van der Waals surface area (Å²) < 4.78 is 0. The molecule has 0 bridgehead atoms. The van der Waals surface area contributed by atoms with E-state index >= 15 is 0 Å². The van der Waals surface area contributed by atoms with Crippen LogP contribution in [0.15, 0.2) is 6.07 Å². The number of carboxylic acids is 1. The molecule has 1 aromatic heterocycles. The first kappa shape index (κ1) is 8.44. The Hall–Kier alpha value is -0.870. The van der Waals surface area contributed by atoms with Gasteiger partial charge in [-0.1, -0.05) is 0 Å². The molecule has 1 aliphatic carbocycles. The van der Waals surface area contributed by atoms with Crippen molar-refractivity contribution in [2.45, 2.75) is 32.0 Å². The van der Waals surface area contributed by atoms with Crippen molar-refractivity contribution in [3.63, 3.8) is 0 Å². The van der Waals surface area contributed by atoms with Crippen molar-refractivity contribution in [3.05, 3.63) is 21.4 Å². The summed E-state index contributed by atoms with van der Waals surface area (Å²) in [7, 11) is 0. The van der Waals surface area contributed by atoms with Crippen molar-refractivity contribution >= 4 is 17.3 Å². The first-order valence-corrected chi connectivity index (χ1v) is 5.64. The Kier molecular flexibility index (Phi) is 1.69. The van der Waals surface area contributed by atoms with E-state index in [4.69, 9.17) is 5.11 Å². The lowest BCUT2D eigenvalue weighted by Gasteiger charge is -2.12. The maximum atomic E-state index is 10.7. The van der Waals surface area contributed by atoms with Gasteiger partial charge in [0.25, 0.3) is 0 Å². The Bertz CT molecular complexity index is 371. The number of carboxylic acid groups (broad SMARTS) is 1. The average molecular weight is 209 g/mol. The molecule has 2 heterocycles. The van der Waals surface area contributed by atoms with Crippen LogP contribution in [0.3, 0.4) is 0 Å². The van der Waals surface area contributed by atoms with E-state index in [1.807, 2.05) is 6.07 Å². The van der Waals surface area contributed by atoms with Crippen molar-refractivity contribution in [2.24, 2.45) is 0 Å². The molecule has 0 spiro atoms. The van der Waals surface area contributed by atoms with Gasteiger partial charge in [0.05, 0.1) is 0 Å². The molecule has 14 heavy (non-hydrogen) atoms. The SMILES string of the molecule is O=C(O)c1cc2c(s1)CN(C1CC1)C2. The number of hydrogen-bond donors (Lipinski definition) is 1. The predicted octanol–water partition coefficient (Wildman–Crippen LogP) is 1.92. The molecule has 2 aliphatic rings. The van der Waals surface area contributed by atoms with Crippen LogP contribution < -0.4 is 0 Å². The maximum absolute atomic E-state index is 10.7. The second-order valence-electron chi connectivity index (χ2n) is 4.00. The smallest absolute Gasteiger partial charge is 0.345 e. The Balaban J connectivity index is 1.83. The third-order valence-corrected chi connectivity index (χ3v) is 4.04. The third kappa shape index (κ3) is 1.26. The number of aromatic carboxylic acids is 1. The number of hydrogen-bond acceptors (Lipinski definition) is 3. The highest BCUT2D eigenvalue weighted by atomic mass is 32.1. The summed E-state index contributed by atoms with van der Waals surface area (Å²) in [6.45, 7) is 1.93. The van der Waals surface area contributed by atoms with Crippen LogP contribution >= 0.6 is 11.3 Å². The van der Waals surface area contributed by atoms with Crippen LogP contribution in [0.4, 0.5) is 0 Å². The second-order valence-corrected chi connectivity index (χ2v) is 5.14. The van der Waals surface area contributed by atoms with Gasteiger partial charge >= 0.3 is 5.97 Å². The van der Waals surface area contributed by atoms with Gasteiger partial charge in [0, 0.05) is 24.0 Å². The molecule has 1 aliphatic heterocycles. The number of thiophene rings is 1. The van der Waals surface area contributed by atoms with Crippen molar-refractivity contribution < 1.29 is 9.90 Å². The monoisotopic (exact) mass is 209 g/mol. The molecule has 0 aromatic carbocycles. The van der Waals surface area contributed by atoms with E-state index in [-0.39, 0.29) is 0 Å². The minimum absolute atomic E-state index is 0.491. The van der Waals surface area contributed by atoms with Gasteiger partial charge in [0.2, 0.25) is 0 Å². The van der Waals surface area contributed by atoms with E-state index in [0.29, 0.717) is 4.88 Å². The first-order valence-electron chi connectivity index (χ1n) is 4.83. The van der Waals surface area contributed by atoms with E-state index in [1.165, 1.54) is 34.6 Å². The van der Waals surface area contributed by atoms with Gasteiger partial charge in [-0.25, -0.2) is 4.79 Å². The molecule has 3 nitrogen and oxygen atoms in total. The summed E-state index contributed by atoms with van der Waals surface area (Å²) in [5.74, 6) is -0.789. The largest absolute Gasteiger partial charge is 0.477 e. The summed E-state index contributed by atoms with van der Waals surface area (Å²) in [6.07, 6.45) is 2.64. The molecule has 0 unspecified atom stereocenters. The minimum atomic E-state index is -0.789. The summed E-state index contributed by atoms with van der Waals surface area (Å²) >= 11 is 1.44. The fraction of sp³-hybridized carbons (Fsp3) is 0.500. The number of rotatable bonds is 2. The lowest BCUT2D eigenvalue weighted by Crippen LogP contribution is -2.18. The third-order valence-electron chi connectivity index (χ3n) is 2.89. The summed E-state index contributed by atoms with van der Waals surface area (Å²) in [5, 5.41) is 8.83. The van der Waals surface area contributed by atoms with Gasteiger partial charge in [-0.3, -0.25) is 4.90 Å². The highest BCUT2D eigenvalue weighted by molar-refractivity contribution is 7.14. The van der Waals surface area contributed by atoms with Gasteiger partial charge in [0.1, 0.15) is 4.88 Å². The molecule has 0 amide bonds. The van der Waals surface area contributed by atoms with Crippen molar-refractivity contribution in [1.82, 2.24) is 4.90 Å². The molecule has 4 heteroatoms. The molecular weight excluding hydrogens is 198 g/mol. The topological polar surface area (TPSA) is 40.5 Å². The molecular formula is C10H11NO2S. The van der Waals surface area contributed by atoms with Gasteiger partial charge in [-0.15, -0.1) is 11.3 Å². The van der Waals surface area contributed by atoms with E-state index in [9.17, 15) is 4.79 Å². The quantitative estimate of drug-likeness (QED) is 0.809. The zero-order chi connectivity index (χ0) is 9.71. The zero-order valence-corrected chi connectivity index (χ0v) is 8.51. The molecule has 0 atom stereocenters. The maximum Gasteiger partial charge on any atom is 0.345 e. The Labute approximate surface area is 86.0 Å². The van der Waals surface area contributed by atoms with Crippen molar-refractivity contribution in [3.8, 4) is 0 Å². The lowest BCUT2D eigenvalue weighted by molar-refractivity contribution is 0.0702. The fourth-order valence-electron chi connectivity index (χ4n) is 2.00. The fourth-order valence-corrected chi connectivity index (χ4v) is 3.04. The van der Waals surface area contributed by atoms with Gasteiger partial charge in [0.15, 0.2) is 0 Å². The Morgan fingerprint density at radius 1 is 1.50 bits per heavy atom. The normalized spacial score (nSPS) is 21.1. The van der Waals surface area contributed by atoms with Crippen LogP contribution in [0.2, 0.25) is 0 Å². The number of fused-ring (bicyclic) bond motifs is 1. The molecule has 1 saturated carbocycles. The lowest BCUT2D eigenvalue weighted by atomic mass is 10.3. The Morgan fingerprint density at radius 3 is 2.86 bits per heavy atom. The molecule has 74 valence electrons. The van der Waals surface area contributed by atoms with Crippen LogP contribution in [0, 0.1) is 0 Å². The van der Waals surface area contributed by atoms with Crippen LogP contribution in [0.25, 0.3) is 0 Å². The van der Waals surface area contributed by atoms with Crippen molar-refractivity contribution in [2.75, 3.05) is 0 Å². The summed E-state index contributed by atoms with van der Waals surface area (Å²) in [4.78, 5) is 14.9. The molecule has 3 rings (SSSR count). The highest BCUT2D eigenvalue weighted by Gasteiger charge is 2.34. The molecule has 1 N–H and O–H groups in total. The number of carbonyl (C=O) groups is 1. The van der Waals surface area contributed by atoms with E-state index in [2.05, 4.69) is 4.90 Å². The standard InChI is InChI=1S/C10H11NO2S/c12-10(13)8-3-6-4-11(7-1-2-7)5-9(6)14-8/h3,7H,1-2,4-5H2,(H,12,13). The Morgan fingerprint density at radius 2 is 2.29 bits per heavy atom. The second kappa shape index (κ2) is 2.81. The molecule has 0 radical (unpaired) electrons. The highest BCUT2D eigenvalue weighted by Crippen LogP contribution is 2.37. The summed E-state index contributed by atoms with van der Waals surface area (Å²) in [5.41, 5.74) is 1.24. The van der Waals surface area contributed by atoms with E-state index in [0.717, 1.165) is 19.1 Å². The molecule has 1 fully saturated rings. The van der Waals surface area contributed by atoms with Crippen LogP contribution in [-0.4, -0.2) is 22.0 Å². The van der Waals surface area contributed by atoms with Gasteiger partial charge in [-0.05, 0) is 24.5 Å². The van der Waals surface area contributed by atoms with Crippen LogP contribution in [-0.2, 0) is 13.1 Å². The summed E-state index contributed by atoms with van der Waals surface area (Å²) in [6, 6.07) is 2.62. The van der Waals surface area contributed by atoms with E-state index < -0.39 is 5.97 Å². The first-order chi connectivity index (χ1) is 6.74. The molecule has 0 saturated heterocycles. The van der Waals surface area contributed by atoms with Crippen molar-refractivity contribution in [1.29, 1.82) is 0 Å². The number of nitrogens with zero attached hydrogens (tertiary/aromatic N) is 1. The van der Waals surface area contributed by atoms with Gasteiger partial charge < -0.3 is 5.11 Å². The van der Waals surface area contributed by atoms with Crippen LogP contribution in [0.5, 0.6) is 0 Å². The average Bonchev–Trinajstić information content (AvgIpc) is 2.76. The predicted molar refractivity (Wildman–Crippen MR) is 53.5 cm³/mol. The van der Waals surface area contributed by atoms with E-state index in [1.54, 1.807) is 0 Å². The zero-order valence-electron chi connectivity index (χ0n) is 7.69. The van der Waals surface area contributed by atoms with Crippen LogP contribution in [0.1, 0.15) is 33.0 Å².